The van der Waals surface area contributed by atoms with Gasteiger partial charge in [-0.05, 0) is 20.9 Å². The summed E-state index contributed by atoms with van der Waals surface area (Å²) in [4.78, 5) is 2.21. The van der Waals surface area contributed by atoms with Gasteiger partial charge >= 0.3 is 0 Å². The van der Waals surface area contributed by atoms with E-state index in [9.17, 15) is 8.42 Å². The summed E-state index contributed by atoms with van der Waals surface area (Å²) in [7, 11) is -1.08. The van der Waals surface area contributed by atoms with Gasteiger partial charge in [0.15, 0.2) is 0 Å². The molecule has 1 saturated heterocycles. The Labute approximate surface area is 112 Å². The van der Waals surface area contributed by atoms with Crippen molar-refractivity contribution in [3.8, 4) is 0 Å². The predicted octanol–water partition coefficient (Wildman–Crippen LogP) is 0.340. The van der Waals surface area contributed by atoms with E-state index in [4.69, 9.17) is 0 Å². The van der Waals surface area contributed by atoms with Gasteiger partial charge in [0.1, 0.15) is 0 Å². The van der Waals surface area contributed by atoms with Crippen LogP contribution in [0.25, 0.3) is 0 Å². The number of sulfonamides is 1. The summed E-state index contributed by atoms with van der Waals surface area (Å²) in [5, 5.41) is 3.15. The molecule has 0 radical (unpaired) electrons. The van der Waals surface area contributed by atoms with Crippen molar-refractivity contribution in [1.82, 2.24) is 14.5 Å². The van der Waals surface area contributed by atoms with E-state index in [1.165, 1.54) is 0 Å². The summed E-state index contributed by atoms with van der Waals surface area (Å²) >= 11 is 0. The smallest absolute Gasteiger partial charge is 0.215 e. The Bertz CT molecular complexity index is 366. The fraction of sp³-hybridized carbons (Fsp3) is 1.00. The maximum atomic E-state index is 12.2. The number of hydrogen-bond donors (Lipinski definition) is 1. The summed E-state index contributed by atoms with van der Waals surface area (Å²) < 4.78 is 26.1. The Kier molecular flexibility index (Phi) is 5.17. The molecule has 108 valence electrons. The molecule has 1 N–H and O–H groups in total. The van der Waals surface area contributed by atoms with Crippen LogP contribution >= 0.6 is 0 Å². The molecule has 0 unspecified atom stereocenters. The van der Waals surface area contributed by atoms with Gasteiger partial charge in [-0.2, -0.15) is 4.31 Å². The Morgan fingerprint density at radius 1 is 1.28 bits per heavy atom. The molecule has 6 heteroatoms. The maximum absolute atomic E-state index is 12.2. The topological polar surface area (TPSA) is 52.7 Å². The van der Waals surface area contributed by atoms with Crippen LogP contribution in [0.4, 0.5) is 0 Å². The van der Waals surface area contributed by atoms with Gasteiger partial charge in [0.05, 0.1) is 5.75 Å². The molecule has 0 aromatic rings. The Morgan fingerprint density at radius 3 is 2.39 bits per heavy atom. The van der Waals surface area contributed by atoms with Crippen LogP contribution in [-0.2, 0) is 10.0 Å². The number of nitrogens with one attached hydrogen (secondary N) is 1. The molecular formula is C12H27N3O2S. The molecule has 0 atom stereocenters. The molecule has 18 heavy (non-hydrogen) atoms. The molecule has 0 aromatic carbocycles. The van der Waals surface area contributed by atoms with Crippen LogP contribution in [0.1, 0.15) is 27.7 Å². The first kappa shape index (κ1) is 15.9. The molecule has 1 heterocycles. The van der Waals surface area contributed by atoms with Gasteiger partial charge in [0.2, 0.25) is 10.0 Å². The monoisotopic (exact) mass is 277 g/mol. The molecule has 0 aromatic heterocycles. The molecule has 0 saturated carbocycles. The molecule has 0 bridgehead atoms. The highest BCUT2D eigenvalue weighted by atomic mass is 32.2. The van der Waals surface area contributed by atoms with Crippen molar-refractivity contribution >= 4 is 10.0 Å². The minimum absolute atomic E-state index is 0.0865. The number of rotatable bonds is 5. The first-order chi connectivity index (χ1) is 8.15. The third kappa shape index (κ3) is 4.19. The van der Waals surface area contributed by atoms with E-state index in [0.29, 0.717) is 25.7 Å². The van der Waals surface area contributed by atoms with Crippen LogP contribution in [0, 0.1) is 0 Å². The van der Waals surface area contributed by atoms with Gasteiger partial charge in [0.25, 0.3) is 0 Å². The lowest BCUT2D eigenvalue weighted by atomic mass is 10.0. The highest BCUT2D eigenvalue weighted by Crippen LogP contribution is 2.21. The molecule has 0 spiro atoms. The van der Waals surface area contributed by atoms with Crippen LogP contribution < -0.4 is 5.32 Å². The van der Waals surface area contributed by atoms with E-state index in [1.807, 2.05) is 20.9 Å². The predicted molar refractivity (Wildman–Crippen MR) is 75.2 cm³/mol. The van der Waals surface area contributed by atoms with Crippen molar-refractivity contribution in [3.63, 3.8) is 0 Å². The minimum Gasteiger partial charge on any atom is -0.313 e. The number of hydrogen-bond acceptors (Lipinski definition) is 4. The molecule has 5 nitrogen and oxygen atoms in total. The van der Waals surface area contributed by atoms with E-state index in [-0.39, 0.29) is 11.3 Å². The van der Waals surface area contributed by atoms with Crippen molar-refractivity contribution < 1.29 is 8.42 Å². The number of nitrogens with zero attached hydrogens (tertiary/aromatic N) is 2. The summed E-state index contributed by atoms with van der Waals surface area (Å²) in [6, 6.07) is 0.323. The van der Waals surface area contributed by atoms with Crippen LogP contribution in [0.5, 0.6) is 0 Å². The molecular weight excluding hydrogens is 250 g/mol. The summed E-state index contributed by atoms with van der Waals surface area (Å²) in [6.45, 7) is 10.7. The van der Waals surface area contributed by atoms with Crippen molar-refractivity contribution in [3.05, 3.63) is 0 Å². The molecule has 1 aliphatic heterocycles. The summed E-state index contributed by atoms with van der Waals surface area (Å²) in [5.41, 5.74) is -0.0865. The third-order valence-corrected chi connectivity index (χ3v) is 5.41. The Morgan fingerprint density at radius 2 is 1.89 bits per heavy atom. The van der Waals surface area contributed by atoms with Gasteiger partial charge in [0, 0.05) is 37.8 Å². The minimum atomic E-state index is -3.13. The SMILES string of the molecule is CC(C)NCCS(=O)(=O)N1CCN(C)C(C)(C)C1. The van der Waals surface area contributed by atoms with Gasteiger partial charge in [-0.1, -0.05) is 13.8 Å². The van der Waals surface area contributed by atoms with Crippen molar-refractivity contribution in [2.24, 2.45) is 0 Å². The first-order valence-corrected chi connectivity index (χ1v) is 8.18. The van der Waals surface area contributed by atoms with E-state index in [2.05, 4.69) is 24.1 Å². The van der Waals surface area contributed by atoms with Crippen molar-refractivity contribution in [2.45, 2.75) is 39.3 Å². The van der Waals surface area contributed by atoms with Crippen LogP contribution in [-0.4, -0.2) is 68.2 Å². The first-order valence-electron chi connectivity index (χ1n) is 6.57. The van der Waals surface area contributed by atoms with Gasteiger partial charge in [-0.15, -0.1) is 0 Å². The average molecular weight is 277 g/mol. The molecule has 1 fully saturated rings. The van der Waals surface area contributed by atoms with Gasteiger partial charge in [-0.25, -0.2) is 8.42 Å². The quantitative estimate of drug-likeness (QED) is 0.787. The van der Waals surface area contributed by atoms with Crippen molar-refractivity contribution in [1.29, 1.82) is 0 Å². The van der Waals surface area contributed by atoms with Gasteiger partial charge < -0.3 is 5.32 Å². The lowest BCUT2D eigenvalue weighted by Gasteiger charge is -2.44. The fourth-order valence-corrected chi connectivity index (χ4v) is 3.55. The lowest BCUT2D eigenvalue weighted by Crippen LogP contribution is -2.59. The Balaban J connectivity index is 2.58. The van der Waals surface area contributed by atoms with Crippen LogP contribution in [0.2, 0.25) is 0 Å². The molecule has 0 amide bonds. The maximum Gasteiger partial charge on any atom is 0.215 e. The highest BCUT2D eigenvalue weighted by molar-refractivity contribution is 7.89. The standard InChI is InChI=1S/C12H27N3O2S/c1-11(2)13-6-9-18(16,17)15-8-7-14(5)12(3,4)10-15/h11,13H,6-10H2,1-5H3. The van der Waals surface area contributed by atoms with E-state index in [1.54, 1.807) is 4.31 Å². The zero-order valence-corrected chi connectivity index (χ0v) is 13.0. The third-order valence-electron chi connectivity index (χ3n) is 3.59. The number of likely N-dealkylation sites (N-methyl/N-ethyl adjacent to an activating group) is 1. The lowest BCUT2D eigenvalue weighted by molar-refractivity contribution is 0.0802. The molecule has 0 aliphatic carbocycles. The molecule has 1 rings (SSSR count). The second kappa shape index (κ2) is 5.86. The zero-order valence-electron chi connectivity index (χ0n) is 12.2. The second-order valence-corrected chi connectivity index (χ2v) is 8.08. The zero-order chi connectivity index (χ0) is 14.0. The average Bonchev–Trinajstić information content (AvgIpc) is 2.21. The van der Waals surface area contributed by atoms with Crippen LogP contribution in [0.15, 0.2) is 0 Å². The summed E-state index contributed by atoms with van der Waals surface area (Å²) in [6.07, 6.45) is 0. The van der Waals surface area contributed by atoms with Gasteiger partial charge in [-0.3, -0.25) is 4.90 Å². The number of piperazine rings is 1. The largest absolute Gasteiger partial charge is 0.313 e. The second-order valence-electron chi connectivity index (χ2n) is 5.99. The highest BCUT2D eigenvalue weighted by Gasteiger charge is 2.36. The van der Waals surface area contributed by atoms with E-state index in [0.717, 1.165) is 6.54 Å². The van der Waals surface area contributed by atoms with Crippen LogP contribution in [0.3, 0.4) is 0 Å². The van der Waals surface area contributed by atoms with Crippen molar-refractivity contribution in [2.75, 3.05) is 39.0 Å². The van der Waals surface area contributed by atoms with E-state index >= 15 is 0 Å². The van der Waals surface area contributed by atoms with E-state index < -0.39 is 10.0 Å². The normalized spacial score (nSPS) is 22.6. The Hall–Kier alpha value is -0.170. The summed E-state index contributed by atoms with van der Waals surface area (Å²) in [5.74, 6) is 0.185. The fourth-order valence-electron chi connectivity index (χ4n) is 2.04. The molecule has 1 aliphatic rings.